The number of hydrogen-bond donors (Lipinski definition) is 0. The van der Waals surface area contributed by atoms with Gasteiger partial charge in [-0.25, -0.2) is 4.39 Å². The molecule has 2 aromatic rings. The summed E-state index contributed by atoms with van der Waals surface area (Å²) in [5.41, 5.74) is 1.71. The summed E-state index contributed by atoms with van der Waals surface area (Å²) >= 11 is 0. The maximum atomic E-state index is 13.2. The summed E-state index contributed by atoms with van der Waals surface area (Å²) in [7, 11) is 0. The number of carbonyl (C=O) groups excluding carboxylic acids is 1. The largest absolute Gasteiger partial charge is 0.488 e. The molecule has 1 aliphatic carbocycles. The van der Waals surface area contributed by atoms with Gasteiger partial charge in [0.15, 0.2) is 5.78 Å². The van der Waals surface area contributed by atoms with Gasteiger partial charge in [0, 0.05) is 35.9 Å². The summed E-state index contributed by atoms with van der Waals surface area (Å²) in [5, 5.41) is 0. The first-order valence-electron chi connectivity index (χ1n) is 7.34. The molecule has 1 fully saturated rings. The molecule has 2 aliphatic rings. The van der Waals surface area contributed by atoms with E-state index in [1.54, 1.807) is 6.07 Å². The van der Waals surface area contributed by atoms with E-state index in [1.807, 2.05) is 23.0 Å². The van der Waals surface area contributed by atoms with Gasteiger partial charge in [-0.05, 0) is 37.1 Å². The Bertz CT molecular complexity index is 703. The number of halogens is 1. The van der Waals surface area contributed by atoms with E-state index < -0.39 is 0 Å². The van der Waals surface area contributed by atoms with E-state index in [0.717, 1.165) is 29.7 Å². The van der Waals surface area contributed by atoms with Crippen molar-refractivity contribution in [2.45, 2.75) is 31.9 Å². The third-order valence-electron chi connectivity index (χ3n) is 4.16. The second-order valence-corrected chi connectivity index (χ2v) is 5.93. The number of benzene rings is 1. The second kappa shape index (κ2) is 4.72. The van der Waals surface area contributed by atoms with Crippen molar-refractivity contribution in [3.05, 3.63) is 53.6 Å². The van der Waals surface area contributed by atoms with Crippen molar-refractivity contribution in [3.63, 3.8) is 0 Å². The fourth-order valence-electron chi connectivity index (χ4n) is 2.91. The van der Waals surface area contributed by atoms with E-state index in [2.05, 4.69) is 0 Å². The summed E-state index contributed by atoms with van der Waals surface area (Å²) in [6, 6.07) is 6.51. The number of rotatable bonds is 4. The molecule has 0 bridgehead atoms. The average Bonchev–Trinajstić information content (AvgIpc) is 3.09. The Morgan fingerprint density at radius 1 is 1.33 bits per heavy atom. The van der Waals surface area contributed by atoms with Crippen molar-refractivity contribution in [2.75, 3.05) is 0 Å². The molecule has 1 aliphatic heterocycles. The van der Waals surface area contributed by atoms with E-state index >= 15 is 0 Å². The third kappa shape index (κ3) is 2.46. The van der Waals surface area contributed by atoms with Crippen LogP contribution < -0.4 is 4.74 Å². The number of Topliss-reactive ketones (excluding diaryl/α,β-unsaturated/α-hetero) is 1. The Morgan fingerprint density at radius 3 is 3.00 bits per heavy atom. The highest BCUT2D eigenvalue weighted by Gasteiger charge is 2.31. The molecule has 1 aromatic carbocycles. The van der Waals surface area contributed by atoms with E-state index in [9.17, 15) is 9.18 Å². The van der Waals surface area contributed by atoms with Crippen LogP contribution in [-0.2, 0) is 13.0 Å². The first-order valence-corrected chi connectivity index (χ1v) is 7.34. The predicted octanol–water partition coefficient (Wildman–Crippen LogP) is 3.22. The molecule has 4 heteroatoms. The van der Waals surface area contributed by atoms with Gasteiger partial charge < -0.3 is 9.30 Å². The van der Waals surface area contributed by atoms with Gasteiger partial charge in [-0.2, -0.15) is 0 Å². The molecular weight excluding hydrogens is 269 g/mol. The minimum atomic E-state index is -0.226. The van der Waals surface area contributed by atoms with Crippen LogP contribution in [0.15, 0.2) is 36.7 Å². The van der Waals surface area contributed by atoms with Gasteiger partial charge in [-0.1, -0.05) is 0 Å². The fraction of sp³-hybridized carbons (Fsp3) is 0.353. The minimum absolute atomic E-state index is 0.00178. The van der Waals surface area contributed by atoms with Crippen LogP contribution in [0.4, 0.5) is 4.39 Å². The molecule has 1 saturated carbocycles. The van der Waals surface area contributed by atoms with Crippen molar-refractivity contribution < 1.29 is 13.9 Å². The fourth-order valence-corrected chi connectivity index (χ4v) is 2.91. The van der Waals surface area contributed by atoms with Gasteiger partial charge in [0.25, 0.3) is 0 Å². The highest BCUT2D eigenvalue weighted by Crippen LogP contribution is 2.33. The second-order valence-electron chi connectivity index (χ2n) is 5.93. The molecule has 1 unspecified atom stereocenters. The minimum Gasteiger partial charge on any atom is -0.488 e. The molecule has 0 amide bonds. The highest BCUT2D eigenvalue weighted by molar-refractivity contribution is 5.99. The molecule has 0 N–H and O–H groups in total. The molecule has 108 valence electrons. The van der Waals surface area contributed by atoms with Gasteiger partial charge >= 0.3 is 0 Å². The summed E-state index contributed by atoms with van der Waals surface area (Å²) in [5.74, 6) is 1.04. The topological polar surface area (TPSA) is 31.2 Å². The zero-order valence-corrected chi connectivity index (χ0v) is 11.6. The van der Waals surface area contributed by atoms with Crippen molar-refractivity contribution >= 4 is 5.78 Å². The Morgan fingerprint density at radius 2 is 2.19 bits per heavy atom. The molecule has 0 radical (unpaired) electrons. The number of hydrogen-bond acceptors (Lipinski definition) is 2. The molecule has 0 spiro atoms. The van der Waals surface area contributed by atoms with Crippen LogP contribution >= 0.6 is 0 Å². The lowest BCUT2D eigenvalue weighted by atomic mass is 10.1. The lowest BCUT2D eigenvalue weighted by Crippen LogP contribution is -2.19. The quantitative estimate of drug-likeness (QED) is 0.808. The Hall–Kier alpha value is -2.10. The number of aromatic nitrogens is 1. The standard InChI is InChI=1S/C17H16FNO2/c18-14-3-4-16-13(7-14)8-15(21-16)10-19-6-5-12(9-19)17(20)11-1-2-11/h3-7,9,11,15H,1-2,8,10H2. The van der Waals surface area contributed by atoms with Gasteiger partial charge in [-0.3, -0.25) is 4.79 Å². The first kappa shape index (κ1) is 12.6. The van der Waals surface area contributed by atoms with Crippen LogP contribution in [0.5, 0.6) is 5.75 Å². The summed E-state index contributed by atoms with van der Waals surface area (Å²) < 4.78 is 21.0. The number of fused-ring (bicyclic) bond motifs is 1. The van der Waals surface area contributed by atoms with E-state index in [0.29, 0.717) is 13.0 Å². The number of ketones is 1. The van der Waals surface area contributed by atoms with Gasteiger partial charge in [0.2, 0.25) is 0 Å². The van der Waals surface area contributed by atoms with Crippen LogP contribution in [0.25, 0.3) is 0 Å². The van der Waals surface area contributed by atoms with Gasteiger partial charge in [0.1, 0.15) is 17.7 Å². The zero-order chi connectivity index (χ0) is 14.4. The number of carbonyl (C=O) groups is 1. The molecule has 0 saturated heterocycles. The SMILES string of the molecule is O=C(c1ccn(CC2Cc3cc(F)ccc3O2)c1)C1CC1. The predicted molar refractivity (Wildman–Crippen MR) is 76.0 cm³/mol. The molecule has 2 heterocycles. The monoisotopic (exact) mass is 285 g/mol. The Balaban J connectivity index is 1.44. The van der Waals surface area contributed by atoms with E-state index in [1.165, 1.54) is 12.1 Å². The summed E-state index contributed by atoms with van der Waals surface area (Å²) in [6.07, 6.45) is 6.57. The van der Waals surface area contributed by atoms with E-state index in [-0.39, 0.29) is 23.6 Å². The summed E-state index contributed by atoms with van der Waals surface area (Å²) in [6.45, 7) is 0.675. The van der Waals surface area contributed by atoms with Crippen molar-refractivity contribution in [1.29, 1.82) is 0 Å². The lowest BCUT2D eigenvalue weighted by Gasteiger charge is -2.11. The first-order chi connectivity index (χ1) is 10.2. The average molecular weight is 285 g/mol. The van der Waals surface area contributed by atoms with Gasteiger partial charge in [-0.15, -0.1) is 0 Å². The molecule has 1 aromatic heterocycles. The maximum Gasteiger partial charge on any atom is 0.167 e. The van der Waals surface area contributed by atoms with Gasteiger partial charge in [0.05, 0.1) is 6.54 Å². The number of nitrogens with zero attached hydrogens (tertiary/aromatic N) is 1. The Labute approximate surface area is 122 Å². The third-order valence-corrected chi connectivity index (χ3v) is 4.16. The van der Waals surface area contributed by atoms with Crippen LogP contribution in [0.2, 0.25) is 0 Å². The zero-order valence-electron chi connectivity index (χ0n) is 11.6. The van der Waals surface area contributed by atoms with E-state index in [4.69, 9.17) is 4.74 Å². The van der Waals surface area contributed by atoms with Crippen molar-refractivity contribution in [2.24, 2.45) is 5.92 Å². The molecule has 21 heavy (non-hydrogen) atoms. The molecule has 4 rings (SSSR count). The Kier molecular flexibility index (Phi) is 2.84. The molecular formula is C17H16FNO2. The molecule has 1 atom stereocenters. The lowest BCUT2D eigenvalue weighted by molar-refractivity contribution is 0.0967. The summed E-state index contributed by atoms with van der Waals surface area (Å²) in [4.78, 5) is 12.0. The normalized spacial score (nSPS) is 20.1. The van der Waals surface area contributed by atoms with Crippen LogP contribution in [0.3, 0.4) is 0 Å². The molecule has 3 nitrogen and oxygen atoms in total. The smallest absolute Gasteiger partial charge is 0.167 e. The number of ether oxygens (including phenoxy) is 1. The van der Waals surface area contributed by atoms with Crippen LogP contribution in [-0.4, -0.2) is 16.5 Å². The van der Waals surface area contributed by atoms with Crippen LogP contribution in [0, 0.1) is 11.7 Å². The van der Waals surface area contributed by atoms with Crippen molar-refractivity contribution in [1.82, 2.24) is 4.57 Å². The van der Waals surface area contributed by atoms with Crippen molar-refractivity contribution in [3.8, 4) is 5.75 Å². The highest BCUT2D eigenvalue weighted by atomic mass is 19.1. The van der Waals surface area contributed by atoms with Crippen LogP contribution in [0.1, 0.15) is 28.8 Å². The maximum absolute atomic E-state index is 13.2.